The topological polar surface area (TPSA) is 56.3 Å². The molecule has 0 saturated carbocycles. The Morgan fingerprint density at radius 3 is 2.50 bits per heavy atom. The Morgan fingerprint density at radius 2 is 1.72 bits per heavy atom. The number of nitrogens with one attached hydrogen (secondary N) is 1. The summed E-state index contributed by atoms with van der Waals surface area (Å²) in [6.07, 6.45) is 0.903. The molecule has 3 aromatic rings. The first-order valence-corrected chi connectivity index (χ1v) is 6.14. The molecule has 18 heavy (non-hydrogen) atoms. The van der Waals surface area contributed by atoms with Gasteiger partial charge in [0, 0.05) is 6.42 Å². The van der Waals surface area contributed by atoms with Crippen molar-refractivity contribution in [1.29, 1.82) is 0 Å². The number of aromatic nitrogens is 2. The summed E-state index contributed by atoms with van der Waals surface area (Å²) < 4.78 is 0. The van der Waals surface area contributed by atoms with E-state index in [1.807, 2.05) is 30.3 Å². The van der Waals surface area contributed by atoms with Gasteiger partial charge in [0.1, 0.15) is 6.04 Å². The van der Waals surface area contributed by atoms with Gasteiger partial charge in [-0.05, 0) is 17.7 Å². The molecule has 2 aromatic carbocycles. The minimum atomic E-state index is 0.153. The molecule has 0 unspecified atom stereocenters. The standard InChI is InChI=1S/C15H15N3/c16-12(10-11-6-2-1-3-7-11)15-17-13-8-4-5-9-14(13)18-15/h1-9,12H,10,16H2,(H,17,18)/p+1/t12-/m0/s1. The summed E-state index contributed by atoms with van der Waals surface area (Å²) in [5, 5.41) is 0. The van der Waals surface area contributed by atoms with Gasteiger partial charge < -0.3 is 10.7 Å². The fourth-order valence-electron chi connectivity index (χ4n) is 2.16. The zero-order chi connectivity index (χ0) is 12.4. The van der Waals surface area contributed by atoms with Gasteiger partial charge in [0.15, 0.2) is 5.82 Å². The molecule has 0 radical (unpaired) electrons. The summed E-state index contributed by atoms with van der Waals surface area (Å²) in [6, 6.07) is 18.6. The number of hydrogen-bond acceptors (Lipinski definition) is 1. The van der Waals surface area contributed by atoms with Gasteiger partial charge >= 0.3 is 0 Å². The second kappa shape index (κ2) is 4.63. The molecule has 1 heterocycles. The highest BCUT2D eigenvalue weighted by Gasteiger charge is 2.14. The van der Waals surface area contributed by atoms with E-state index < -0.39 is 0 Å². The monoisotopic (exact) mass is 238 g/mol. The fraction of sp³-hybridized carbons (Fsp3) is 0.133. The Balaban J connectivity index is 1.86. The fourth-order valence-corrected chi connectivity index (χ4v) is 2.16. The van der Waals surface area contributed by atoms with E-state index in [4.69, 9.17) is 0 Å². The van der Waals surface area contributed by atoms with Gasteiger partial charge in [-0.2, -0.15) is 0 Å². The van der Waals surface area contributed by atoms with Crippen molar-refractivity contribution in [1.82, 2.24) is 9.97 Å². The molecule has 0 aliphatic rings. The molecule has 0 bridgehead atoms. The average Bonchev–Trinajstić information content (AvgIpc) is 2.84. The molecule has 0 saturated heterocycles. The van der Waals surface area contributed by atoms with Gasteiger partial charge in [-0.1, -0.05) is 42.5 Å². The quantitative estimate of drug-likeness (QED) is 0.721. The molecule has 0 fully saturated rings. The van der Waals surface area contributed by atoms with E-state index in [9.17, 15) is 0 Å². The van der Waals surface area contributed by atoms with E-state index in [0.717, 1.165) is 23.3 Å². The van der Waals surface area contributed by atoms with Crippen molar-refractivity contribution >= 4 is 11.0 Å². The Hall–Kier alpha value is -2.13. The van der Waals surface area contributed by atoms with Gasteiger partial charge in [-0.3, -0.25) is 0 Å². The molecule has 1 aromatic heterocycles. The van der Waals surface area contributed by atoms with Crippen LogP contribution in [-0.4, -0.2) is 9.97 Å². The third-order valence-electron chi connectivity index (χ3n) is 3.12. The highest BCUT2D eigenvalue weighted by atomic mass is 15.0. The first kappa shape index (κ1) is 11.0. The number of imidazole rings is 1. The van der Waals surface area contributed by atoms with Crippen molar-refractivity contribution in [3.8, 4) is 0 Å². The van der Waals surface area contributed by atoms with Crippen molar-refractivity contribution in [3.63, 3.8) is 0 Å². The molecule has 4 N–H and O–H groups in total. The van der Waals surface area contributed by atoms with Crippen LogP contribution in [0.3, 0.4) is 0 Å². The number of hydrogen-bond donors (Lipinski definition) is 2. The van der Waals surface area contributed by atoms with Crippen LogP contribution in [0, 0.1) is 0 Å². The molecule has 0 amide bonds. The number of quaternary nitrogens is 1. The van der Waals surface area contributed by atoms with Crippen molar-refractivity contribution < 1.29 is 5.73 Å². The van der Waals surface area contributed by atoms with Crippen LogP contribution >= 0.6 is 0 Å². The maximum atomic E-state index is 4.59. The number of nitrogens with zero attached hydrogens (tertiary/aromatic N) is 1. The lowest BCUT2D eigenvalue weighted by molar-refractivity contribution is -0.428. The molecule has 3 heteroatoms. The third kappa shape index (κ3) is 2.13. The first-order valence-electron chi connectivity index (χ1n) is 6.14. The number of para-hydroxylation sites is 2. The smallest absolute Gasteiger partial charge is 0.166 e. The van der Waals surface area contributed by atoms with Crippen molar-refractivity contribution in [2.24, 2.45) is 0 Å². The summed E-state index contributed by atoms with van der Waals surface area (Å²) in [4.78, 5) is 7.93. The normalized spacial score (nSPS) is 12.7. The van der Waals surface area contributed by atoms with Crippen LogP contribution in [-0.2, 0) is 6.42 Å². The molecule has 0 aliphatic heterocycles. The summed E-state index contributed by atoms with van der Waals surface area (Å²) >= 11 is 0. The van der Waals surface area contributed by atoms with Crippen LogP contribution in [0.5, 0.6) is 0 Å². The molecule has 0 aliphatic carbocycles. The average molecular weight is 238 g/mol. The predicted octanol–water partition coefficient (Wildman–Crippen LogP) is 2.09. The van der Waals surface area contributed by atoms with Gasteiger partial charge in [0.05, 0.1) is 11.0 Å². The number of H-pyrrole nitrogens is 1. The van der Waals surface area contributed by atoms with Crippen LogP contribution in [0.4, 0.5) is 0 Å². The summed E-state index contributed by atoms with van der Waals surface area (Å²) in [5.41, 5.74) is 7.58. The molecule has 90 valence electrons. The maximum absolute atomic E-state index is 4.59. The first-order chi connectivity index (χ1) is 8.83. The molecular weight excluding hydrogens is 222 g/mol. The number of aromatic amines is 1. The highest BCUT2D eigenvalue weighted by molar-refractivity contribution is 5.74. The lowest BCUT2D eigenvalue weighted by Crippen LogP contribution is -2.55. The van der Waals surface area contributed by atoms with E-state index in [1.54, 1.807) is 0 Å². The van der Waals surface area contributed by atoms with Crippen LogP contribution in [0.2, 0.25) is 0 Å². The Labute approximate surface area is 106 Å². The van der Waals surface area contributed by atoms with Crippen LogP contribution in [0.25, 0.3) is 11.0 Å². The zero-order valence-electron chi connectivity index (χ0n) is 10.1. The lowest BCUT2D eigenvalue weighted by atomic mass is 10.1. The minimum Gasteiger partial charge on any atom is -0.349 e. The van der Waals surface area contributed by atoms with Gasteiger partial charge in [-0.25, -0.2) is 4.98 Å². The zero-order valence-corrected chi connectivity index (χ0v) is 10.1. The van der Waals surface area contributed by atoms with Crippen molar-refractivity contribution in [2.75, 3.05) is 0 Å². The van der Waals surface area contributed by atoms with E-state index in [0.29, 0.717) is 0 Å². The molecule has 0 spiro atoms. The largest absolute Gasteiger partial charge is 0.349 e. The number of benzene rings is 2. The second-order valence-electron chi connectivity index (χ2n) is 4.53. The van der Waals surface area contributed by atoms with Gasteiger partial charge in [0.2, 0.25) is 0 Å². The van der Waals surface area contributed by atoms with E-state index >= 15 is 0 Å². The maximum Gasteiger partial charge on any atom is 0.166 e. The third-order valence-corrected chi connectivity index (χ3v) is 3.12. The van der Waals surface area contributed by atoms with Crippen molar-refractivity contribution in [2.45, 2.75) is 12.5 Å². The summed E-state index contributed by atoms with van der Waals surface area (Å²) in [7, 11) is 0. The molecule has 3 rings (SSSR count). The number of rotatable bonds is 3. The molecule has 1 atom stereocenters. The Kier molecular flexibility index (Phi) is 2.82. The summed E-state index contributed by atoms with van der Waals surface area (Å²) in [5.74, 6) is 0.958. The van der Waals surface area contributed by atoms with Gasteiger partial charge in [-0.15, -0.1) is 0 Å². The molecule has 3 nitrogen and oxygen atoms in total. The van der Waals surface area contributed by atoms with Crippen LogP contribution in [0.15, 0.2) is 54.6 Å². The van der Waals surface area contributed by atoms with E-state index in [2.05, 4.69) is 40.0 Å². The summed E-state index contributed by atoms with van der Waals surface area (Å²) in [6.45, 7) is 0. The number of fused-ring (bicyclic) bond motifs is 1. The SMILES string of the molecule is [NH3+][C@@H](Cc1ccccc1)c1nc2ccccc2[nH]1. The van der Waals surface area contributed by atoms with Crippen molar-refractivity contribution in [3.05, 3.63) is 66.0 Å². The second-order valence-corrected chi connectivity index (χ2v) is 4.53. The Morgan fingerprint density at radius 1 is 1.00 bits per heavy atom. The molecular formula is C15H16N3+. The predicted molar refractivity (Wildman–Crippen MR) is 71.9 cm³/mol. The van der Waals surface area contributed by atoms with E-state index in [-0.39, 0.29) is 6.04 Å². The Bertz CT molecular complexity index is 610. The van der Waals surface area contributed by atoms with E-state index in [1.165, 1.54) is 5.56 Å². The highest BCUT2D eigenvalue weighted by Crippen LogP contribution is 2.16. The van der Waals surface area contributed by atoms with Crippen LogP contribution < -0.4 is 5.73 Å². The minimum absolute atomic E-state index is 0.153. The van der Waals surface area contributed by atoms with Gasteiger partial charge in [0.25, 0.3) is 0 Å². The lowest BCUT2D eigenvalue weighted by Gasteiger charge is -2.05. The van der Waals surface area contributed by atoms with Crippen LogP contribution in [0.1, 0.15) is 17.4 Å².